The number of aromatic nitrogens is 1. The Morgan fingerprint density at radius 1 is 1.39 bits per heavy atom. The van der Waals surface area contributed by atoms with Gasteiger partial charge in [-0.05, 0) is 39.3 Å². The highest BCUT2D eigenvalue weighted by Gasteiger charge is 2.30. The molecule has 0 aliphatic carbocycles. The maximum Gasteiger partial charge on any atom is 0.410 e. The Morgan fingerprint density at radius 3 is 2.70 bits per heavy atom. The Balaban J connectivity index is 1.87. The van der Waals surface area contributed by atoms with Gasteiger partial charge >= 0.3 is 6.09 Å². The number of nitrogen functional groups attached to an aromatic ring is 1. The molecule has 2 amide bonds. The number of carbonyl (C=O) groups is 2. The Bertz CT molecular complexity index is 567. The van der Waals surface area contributed by atoms with E-state index in [0.717, 1.165) is 0 Å². The molecular formula is C15H23N5O3. The van der Waals surface area contributed by atoms with E-state index < -0.39 is 5.60 Å². The zero-order valence-corrected chi connectivity index (χ0v) is 13.6. The number of pyridine rings is 1. The van der Waals surface area contributed by atoms with Gasteiger partial charge in [-0.1, -0.05) is 0 Å². The summed E-state index contributed by atoms with van der Waals surface area (Å²) >= 11 is 0. The van der Waals surface area contributed by atoms with Crippen molar-refractivity contribution in [2.75, 3.05) is 18.5 Å². The van der Waals surface area contributed by atoms with Crippen molar-refractivity contribution >= 4 is 17.8 Å². The number of carbonyl (C=O) groups excluding carboxylic acids is 2. The van der Waals surface area contributed by atoms with E-state index in [9.17, 15) is 9.59 Å². The second-order valence-corrected chi connectivity index (χ2v) is 6.46. The van der Waals surface area contributed by atoms with Crippen LogP contribution in [0.1, 0.15) is 37.6 Å². The van der Waals surface area contributed by atoms with Crippen molar-refractivity contribution in [1.29, 1.82) is 0 Å². The van der Waals surface area contributed by atoms with Crippen molar-refractivity contribution in [3.63, 3.8) is 0 Å². The number of nitrogens with one attached hydrogen (secondary N) is 2. The van der Waals surface area contributed by atoms with Gasteiger partial charge in [-0.3, -0.25) is 4.79 Å². The lowest BCUT2D eigenvalue weighted by Crippen LogP contribution is -2.40. The number of hydrogen-bond acceptors (Lipinski definition) is 6. The minimum Gasteiger partial charge on any atom is -0.444 e. The fraction of sp³-hybridized carbons (Fsp3) is 0.533. The highest BCUT2D eigenvalue weighted by molar-refractivity contribution is 5.94. The van der Waals surface area contributed by atoms with Crippen LogP contribution < -0.4 is 16.6 Å². The van der Waals surface area contributed by atoms with Crippen LogP contribution in [0.3, 0.4) is 0 Å². The number of amides is 2. The van der Waals surface area contributed by atoms with Crippen LogP contribution in [0.25, 0.3) is 0 Å². The molecule has 2 heterocycles. The molecule has 1 atom stereocenters. The van der Waals surface area contributed by atoms with E-state index in [1.54, 1.807) is 17.0 Å². The van der Waals surface area contributed by atoms with Crippen molar-refractivity contribution < 1.29 is 14.3 Å². The quantitative estimate of drug-likeness (QED) is 0.568. The summed E-state index contributed by atoms with van der Waals surface area (Å²) in [6.45, 7) is 6.48. The van der Waals surface area contributed by atoms with Gasteiger partial charge in [-0.25, -0.2) is 15.6 Å². The Hall–Kier alpha value is -2.35. The first-order valence-corrected chi connectivity index (χ1v) is 7.50. The van der Waals surface area contributed by atoms with Crippen molar-refractivity contribution in [3.8, 4) is 0 Å². The first-order chi connectivity index (χ1) is 10.8. The van der Waals surface area contributed by atoms with Gasteiger partial charge < -0.3 is 20.4 Å². The molecule has 0 saturated carbocycles. The Kier molecular flexibility index (Phi) is 5.05. The predicted octanol–water partition coefficient (Wildman–Crippen LogP) is 1.11. The van der Waals surface area contributed by atoms with Crippen LogP contribution in [0.5, 0.6) is 0 Å². The number of nitrogens with zero attached hydrogens (tertiary/aromatic N) is 2. The number of ether oxygens (including phenoxy) is 1. The lowest BCUT2D eigenvalue weighted by atomic mass is 10.2. The number of rotatable bonds is 3. The van der Waals surface area contributed by atoms with Gasteiger partial charge in [-0.15, -0.1) is 0 Å². The van der Waals surface area contributed by atoms with E-state index >= 15 is 0 Å². The van der Waals surface area contributed by atoms with Crippen LogP contribution in [0, 0.1) is 0 Å². The molecule has 1 aliphatic heterocycles. The SMILES string of the molecule is CC(C)(C)OC(=O)N1CC[C@H](NC(=O)c2ccc(NN)nc2)C1. The normalized spacial score (nSPS) is 17.7. The van der Waals surface area contributed by atoms with Crippen molar-refractivity contribution in [2.45, 2.75) is 38.8 Å². The third-order valence-corrected chi connectivity index (χ3v) is 3.35. The highest BCUT2D eigenvalue weighted by atomic mass is 16.6. The third kappa shape index (κ3) is 4.82. The van der Waals surface area contributed by atoms with E-state index in [1.807, 2.05) is 20.8 Å². The molecule has 1 saturated heterocycles. The lowest BCUT2D eigenvalue weighted by Gasteiger charge is -2.24. The van der Waals surface area contributed by atoms with Crippen molar-refractivity contribution in [2.24, 2.45) is 5.84 Å². The van der Waals surface area contributed by atoms with Gasteiger partial charge in [0.15, 0.2) is 0 Å². The molecule has 23 heavy (non-hydrogen) atoms. The zero-order valence-electron chi connectivity index (χ0n) is 13.6. The molecule has 1 aliphatic rings. The topological polar surface area (TPSA) is 110 Å². The number of likely N-dealkylation sites (tertiary alicyclic amines) is 1. The standard InChI is InChI=1S/C15H23N5O3/c1-15(2,3)23-14(22)20-7-6-11(9-20)18-13(21)10-4-5-12(19-16)17-8-10/h4-5,8,11H,6-7,9,16H2,1-3H3,(H,17,19)(H,18,21)/t11-/m0/s1. The largest absolute Gasteiger partial charge is 0.444 e. The van der Waals surface area contributed by atoms with Gasteiger partial charge in [0, 0.05) is 25.3 Å². The summed E-state index contributed by atoms with van der Waals surface area (Å²) in [5, 5.41) is 2.90. The van der Waals surface area contributed by atoms with E-state index in [2.05, 4.69) is 15.7 Å². The van der Waals surface area contributed by atoms with Gasteiger partial charge in [0.25, 0.3) is 5.91 Å². The average Bonchev–Trinajstić information content (AvgIpc) is 2.94. The maximum atomic E-state index is 12.2. The molecule has 1 aromatic rings. The van der Waals surface area contributed by atoms with Crippen molar-refractivity contribution in [1.82, 2.24) is 15.2 Å². The summed E-state index contributed by atoms with van der Waals surface area (Å²) in [5.74, 6) is 5.49. The number of hydrazine groups is 1. The summed E-state index contributed by atoms with van der Waals surface area (Å²) in [5.41, 5.74) is 2.32. The second-order valence-electron chi connectivity index (χ2n) is 6.46. The molecule has 0 radical (unpaired) electrons. The molecule has 2 rings (SSSR count). The second kappa shape index (κ2) is 6.82. The fourth-order valence-electron chi connectivity index (χ4n) is 2.25. The van der Waals surface area contributed by atoms with Crippen LogP contribution in [-0.4, -0.2) is 46.6 Å². The van der Waals surface area contributed by atoms with Crippen LogP contribution in [0.15, 0.2) is 18.3 Å². The van der Waals surface area contributed by atoms with Crippen molar-refractivity contribution in [3.05, 3.63) is 23.9 Å². The summed E-state index contributed by atoms with van der Waals surface area (Å²) in [4.78, 5) is 29.8. The minimum atomic E-state index is -0.525. The average molecular weight is 321 g/mol. The minimum absolute atomic E-state index is 0.0951. The first-order valence-electron chi connectivity index (χ1n) is 7.50. The van der Waals surface area contributed by atoms with Gasteiger partial charge in [0.05, 0.1) is 5.56 Å². The molecule has 8 nitrogen and oxygen atoms in total. The van der Waals surface area contributed by atoms with Crippen LogP contribution >= 0.6 is 0 Å². The number of nitrogens with two attached hydrogens (primary N) is 1. The molecule has 0 unspecified atom stereocenters. The molecule has 4 N–H and O–H groups in total. The molecular weight excluding hydrogens is 298 g/mol. The summed E-state index contributed by atoms with van der Waals surface area (Å²) in [7, 11) is 0. The molecule has 0 aromatic carbocycles. The fourth-order valence-corrected chi connectivity index (χ4v) is 2.25. The Labute approximate surface area is 135 Å². The highest BCUT2D eigenvalue weighted by Crippen LogP contribution is 2.15. The summed E-state index contributed by atoms with van der Waals surface area (Å²) in [6, 6.07) is 3.16. The molecule has 0 bridgehead atoms. The van der Waals surface area contributed by atoms with E-state index in [1.165, 1.54) is 6.20 Å². The number of hydrogen-bond donors (Lipinski definition) is 3. The van der Waals surface area contributed by atoms with Crippen LogP contribution in [0.4, 0.5) is 10.6 Å². The first kappa shape index (κ1) is 17.0. The van der Waals surface area contributed by atoms with Crippen LogP contribution in [-0.2, 0) is 4.74 Å². The monoisotopic (exact) mass is 321 g/mol. The number of anilines is 1. The van der Waals surface area contributed by atoms with Gasteiger partial charge in [0.1, 0.15) is 11.4 Å². The smallest absolute Gasteiger partial charge is 0.410 e. The molecule has 1 fully saturated rings. The predicted molar refractivity (Wildman–Crippen MR) is 85.7 cm³/mol. The zero-order chi connectivity index (χ0) is 17.0. The Morgan fingerprint density at radius 2 is 2.13 bits per heavy atom. The molecule has 0 spiro atoms. The van der Waals surface area contributed by atoms with E-state index in [-0.39, 0.29) is 18.0 Å². The molecule has 126 valence electrons. The molecule has 1 aromatic heterocycles. The summed E-state index contributed by atoms with van der Waals surface area (Å²) in [6.07, 6.45) is 1.79. The maximum absolute atomic E-state index is 12.2. The summed E-state index contributed by atoms with van der Waals surface area (Å²) < 4.78 is 5.33. The third-order valence-electron chi connectivity index (χ3n) is 3.35. The van der Waals surface area contributed by atoms with Gasteiger partial charge in [0.2, 0.25) is 0 Å². The van der Waals surface area contributed by atoms with Crippen LogP contribution in [0.2, 0.25) is 0 Å². The van der Waals surface area contributed by atoms with E-state index in [0.29, 0.717) is 30.9 Å². The van der Waals surface area contributed by atoms with Gasteiger partial charge in [-0.2, -0.15) is 0 Å². The lowest BCUT2D eigenvalue weighted by molar-refractivity contribution is 0.0290. The van der Waals surface area contributed by atoms with E-state index in [4.69, 9.17) is 10.6 Å². The molecule has 8 heteroatoms.